The summed E-state index contributed by atoms with van der Waals surface area (Å²) in [4.78, 5) is 21.6. The number of fused-ring (bicyclic) bond motifs is 1. The summed E-state index contributed by atoms with van der Waals surface area (Å²) >= 11 is 6.22. The molecule has 4 rings (SSSR count). The fourth-order valence-electron chi connectivity index (χ4n) is 3.38. The van der Waals surface area contributed by atoms with E-state index < -0.39 is 0 Å². The molecular formula is C23H21ClN4O. The van der Waals surface area contributed by atoms with Crippen molar-refractivity contribution < 1.29 is 4.79 Å². The standard InChI is InChI=1S/C23H21ClN4O/c1-2-19(16-7-4-3-5-8-16)27-23(29)17-10-11-22-20(13-17)26-15-28(22)14-21-18(24)9-6-12-25-21/h3-13,15,19H,2,14H2,1H3,(H,27,29)/t19-/m1/s1. The maximum atomic E-state index is 12.8. The molecule has 0 aliphatic heterocycles. The monoisotopic (exact) mass is 404 g/mol. The van der Waals surface area contributed by atoms with Gasteiger partial charge in [0.15, 0.2) is 0 Å². The molecule has 0 bridgehead atoms. The predicted molar refractivity (Wildman–Crippen MR) is 115 cm³/mol. The first kappa shape index (κ1) is 19.2. The molecule has 0 aliphatic rings. The fourth-order valence-corrected chi connectivity index (χ4v) is 3.56. The molecule has 4 aromatic rings. The zero-order valence-corrected chi connectivity index (χ0v) is 16.8. The maximum Gasteiger partial charge on any atom is 0.251 e. The maximum absolute atomic E-state index is 12.8. The van der Waals surface area contributed by atoms with Gasteiger partial charge in [-0.25, -0.2) is 4.98 Å². The topological polar surface area (TPSA) is 59.8 Å². The molecule has 0 saturated carbocycles. The molecular weight excluding hydrogens is 384 g/mol. The second-order valence-corrected chi connectivity index (χ2v) is 7.26. The summed E-state index contributed by atoms with van der Waals surface area (Å²) in [6.45, 7) is 2.58. The smallest absolute Gasteiger partial charge is 0.251 e. The third-order valence-corrected chi connectivity index (χ3v) is 5.30. The molecule has 0 spiro atoms. The fraction of sp³-hybridized carbons (Fsp3) is 0.174. The Morgan fingerprint density at radius 3 is 2.69 bits per heavy atom. The molecule has 2 heterocycles. The number of rotatable bonds is 6. The zero-order chi connectivity index (χ0) is 20.2. The minimum absolute atomic E-state index is 0.0248. The summed E-state index contributed by atoms with van der Waals surface area (Å²) in [7, 11) is 0. The number of aromatic nitrogens is 3. The Bertz CT molecular complexity index is 1140. The molecule has 29 heavy (non-hydrogen) atoms. The molecule has 6 heteroatoms. The number of hydrogen-bond acceptors (Lipinski definition) is 3. The molecule has 146 valence electrons. The van der Waals surface area contributed by atoms with Crippen molar-refractivity contribution in [2.45, 2.75) is 25.9 Å². The third-order valence-electron chi connectivity index (χ3n) is 4.95. The van der Waals surface area contributed by atoms with Crippen LogP contribution in [-0.2, 0) is 6.54 Å². The highest BCUT2D eigenvalue weighted by atomic mass is 35.5. The summed E-state index contributed by atoms with van der Waals surface area (Å²) in [5, 5.41) is 3.74. The second-order valence-electron chi connectivity index (χ2n) is 6.85. The number of carbonyl (C=O) groups is 1. The van der Waals surface area contributed by atoms with Crippen LogP contribution in [0.5, 0.6) is 0 Å². The number of benzene rings is 2. The number of hydrogen-bond donors (Lipinski definition) is 1. The summed E-state index contributed by atoms with van der Waals surface area (Å²) in [6.07, 6.45) is 4.29. The first-order chi connectivity index (χ1) is 14.2. The Balaban J connectivity index is 1.55. The SMILES string of the molecule is CC[C@@H](NC(=O)c1ccc2c(c1)ncn2Cc1ncccc1Cl)c1ccccc1. The normalized spacial score (nSPS) is 12.1. The lowest BCUT2D eigenvalue weighted by Crippen LogP contribution is -2.28. The van der Waals surface area contributed by atoms with Crippen LogP contribution in [0.2, 0.25) is 5.02 Å². The van der Waals surface area contributed by atoms with Crippen LogP contribution in [0.25, 0.3) is 11.0 Å². The highest BCUT2D eigenvalue weighted by Gasteiger charge is 2.15. The van der Waals surface area contributed by atoms with Crippen molar-refractivity contribution in [1.82, 2.24) is 19.9 Å². The molecule has 1 amide bonds. The van der Waals surface area contributed by atoms with E-state index in [2.05, 4.69) is 22.2 Å². The van der Waals surface area contributed by atoms with Crippen LogP contribution in [0.4, 0.5) is 0 Å². The lowest BCUT2D eigenvalue weighted by Gasteiger charge is -2.17. The number of halogens is 1. The van der Waals surface area contributed by atoms with E-state index in [9.17, 15) is 4.79 Å². The van der Waals surface area contributed by atoms with E-state index in [1.165, 1.54) is 0 Å². The molecule has 1 atom stereocenters. The molecule has 5 nitrogen and oxygen atoms in total. The number of nitrogens with one attached hydrogen (secondary N) is 1. The molecule has 2 aromatic heterocycles. The van der Waals surface area contributed by atoms with Crippen LogP contribution in [-0.4, -0.2) is 20.4 Å². The van der Waals surface area contributed by atoms with Crippen molar-refractivity contribution in [3.05, 3.63) is 95.0 Å². The van der Waals surface area contributed by atoms with Gasteiger partial charge in [-0.2, -0.15) is 0 Å². The number of carbonyl (C=O) groups excluding carboxylic acids is 1. The van der Waals surface area contributed by atoms with Crippen molar-refractivity contribution in [3.8, 4) is 0 Å². The Morgan fingerprint density at radius 1 is 1.10 bits per heavy atom. The van der Waals surface area contributed by atoms with Gasteiger partial charge < -0.3 is 9.88 Å². The Hall–Kier alpha value is -3.18. The van der Waals surface area contributed by atoms with E-state index in [1.54, 1.807) is 12.5 Å². The first-order valence-corrected chi connectivity index (χ1v) is 9.93. The van der Waals surface area contributed by atoms with Crippen LogP contribution in [0.15, 0.2) is 73.2 Å². The van der Waals surface area contributed by atoms with Gasteiger partial charge in [0.1, 0.15) is 0 Å². The minimum Gasteiger partial charge on any atom is -0.345 e. The van der Waals surface area contributed by atoms with E-state index in [0.717, 1.165) is 28.7 Å². The first-order valence-electron chi connectivity index (χ1n) is 9.56. The van der Waals surface area contributed by atoms with Gasteiger partial charge in [-0.05, 0) is 42.3 Å². The Labute approximate surface area is 174 Å². The predicted octanol–water partition coefficient (Wildman–Crippen LogP) is 5.01. The average Bonchev–Trinajstić information content (AvgIpc) is 3.16. The highest BCUT2D eigenvalue weighted by molar-refractivity contribution is 6.31. The van der Waals surface area contributed by atoms with Crippen molar-refractivity contribution in [1.29, 1.82) is 0 Å². The van der Waals surface area contributed by atoms with Gasteiger partial charge in [0, 0.05) is 11.8 Å². The van der Waals surface area contributed by atoms with Crippen LogP contribution in [0.3, 0.4) is 0 Å². The van der Waals surface area contributed by atoms with E-state index in [-0.39, 0.29) is 11.9 Å². The summed E-state index contributed by atoms with van der Waals surface area (Å²) < 4.78 is 1.98. The van der Waals surface area contributed by atoms with E-state index in [1.807, 2.05) is 65.2 Å². The molecule has 0 unspecified atom stereocenters. The average molecular weight is 405 g/mol. The number of pyridine rings is 1. The quantitative estimate of drug-likeness (QED) is 0.491. The van der Waals surface area contributed by atoms with E-state index in [0.29, 0.717) is 17.1 Å². The van der Waals surface area contributed by atoms with Crippen molar-refractivity contribution in [2.75, 3.05) is 0 Å². The van der Waals surface area contributed by atoms with Crippen LogP contribution >= 0.6 is 11.6 Å². The number of imidazole rings is 1. The Kier molecular flexibility index (Phi) is 5.58. The van der Waals surface area contributed by atoms with Crippen LogP contribution in [0.1, 0.15) is 41.0 Å². The highest BCUT2D eigenvalue weighted by Crippen LogP contribution is 2.21. The van der Waals surface area contributed by atoms with Gasteiger partial charge in [-0.3, -0.25) is 9.78 Å². The minimum atomic E-state index is -0.107. The molecule has 0 aliphatic carbocycles. The van der Waals surface area contributed by atoms with Gasteiger partial charge in [0.05, 0.1) is 40.7 Å². The molecule has 0 fully saturated rings. The van der Waals surface area contributed by atoms with Crippen molar-refractivity contribution in [2.24, 2.45) is 0 Å². The van der Waals surface area contributed by atoms with E-state index in [4.69, 9.17) is 11.6 Å². The number of nitrogens with zero attached hydrogens (tertiary/aromatic N) is 3. The van der Waals surface area contributed by atoms with Gasteiger partial charge in [0.25, 0.3) is 5.91 Å². The van der Waals surface area contributed by atoms with Gasteiger partial charge in [0.2, 0.25) is 0 Å². The third kappa shape index (κ3) is 4.15. The molecule has 0 radical (unpaired) electrons. The summed E-state index contributed by atoms with van der Waals surface area (Å²) in [6, 6.07) is 19.2. The van der Waals surface area contributed by atoms with Gasteiger partial charge in [-0.1, -0.05) is 48.9 Å². The van der Waals surface area contributed by atoms with E-state index >= 15 is 0 Å². The largest absolute Gasteiger partial charge is 0.345 e. The lowest BCUT2D eigenvalue weighted by molar-refractivity contribution is 0.0935. The van der Waals surface area contributed by atoms with Crippen molar-refractivity contribution in [3.63, 3.8) is 0 Å². The lowest BCUT2D eigenvalue weighted by atomic mass is 10.0. The molecule has 0 saturated heterocycles. The summed E-state index contributed by atoms with van der Waals surface area (Å²) in [5.74, 6) is -0.107. The zero-order valence-electron chi connectivity index (χ0n) is 16.0. The van der Waals surface area contributed by atoms with Crippen LogP contribution in [0, 0.1) is 0 Å². The molecule has 1 N–H and O–H groups in total. The van der Waals surface area contributed by atoms with Gasteiger partial charge >= 0.3 is 0 Å². The van der Waals surface area contributed by atoms with Crippen LogP contribution < -0.4 is 5.32 Å². The second kappa shape index (κ2) is 8.45. The van der Waals surface area contributed by atoms with Gasteiger partial charge in [-0.15, -0.1) is 0 Å². The summed E-state index contributed by atoms with van der Waals surface area (Å²) in [5.41, 5.74) is 4.16. The molecule has 2 aromatic carbocycles. The Morgan fingerprint density at radius 2 is 1.93 bits per heavy atom. The number of amides is 1. The van der Waals surface area contributed by atoms with Crippen molar-refractivity contribution >= 4 is 28.5 Å².